The van der Waals surface area contributed by atoms with Crippen molar-refractivity contribution >= 4 is 17.5 Å². The summed E-state index contributed by atoms with van der Waals surface area (Å²) in [5.74, 6) is -1.84. The molecule has 0 spiro atoms. The lowest BCUT2D eigenvalue weighted by molar-refractivity contribution is -0.122. The maximum atomic E-state index is 13.5. The molecule has 112 valence electrons. The Morgan fingerprint density at radius 1 is 1.25 bits per heavy atom. The van der Waals surface area contributed by atoms with Crippen LogP contribution in [-0.2, 0) is 4.79 Å². The molecular weight excluding hydrogens is 266 g/mol. The third kappa shape index (κ3) is 4.99. The van der Waals surface area contributed by atoms with Crippen molar-refractivity contribution in [1.82, 2.24) is 10.3 Å². The Labute approximate surface area is 117 Å². The van der Waals surface area contributed by atoms with Gasteiger partial charge in [0.15, 0.2) is 23.3 Å². The summed E-state index contributed by atoms with van der Waals surface area (Å²) in [5, 5.41) is 7.99. The minimum absolute atomic E-state index is 0.0481. The molecule has 0 bridgehead atoms. The van der Waals surface area contributed by atoms with Crippen LogP contribution in [0.3, 0.4) is 0 Å². The number of amides is 1. The van der Waals surface area contributed by atoms with Crippen LogP contribution in [0.1, 0.15) is 27.2 Å². The van der Waals surface area contributed by atoms with Crippen LogP contribution in [0.25, 0.3) is 0 Å². The molecule has 0 unspecified atom stereocenters. The van der Waals surface area contributed by atoms with Gasteiger partial charge < -0.3 is 16.0 Å². The molecule has 0 aliphatic heterocycles. The van der Waals surface area contributed by atoms with Crippen molar-refractivity contribution in [3.63, 3.8) is 0 Å². The predicted molar refractivity (Wildman–Crippen MR) is 74.7 cm³/mol. The van der Waals surface area contributed by atoms with Crippen LogP contribution in [0.4, 0.5) is 20.4 Å². The summed E-state index contributed by atoms with van der Waals surface area (Å²) >= 11 is 0. The fourth-order valence-electron chi connectivity index (χ4n) is 1.54. The molecule has 0 aromatic carbocycles. The highest BCUT2D eigenvalue weighted by molar-refractivity contribution is 5.77. The lowest BCUT2D eigenvalue weighted by Crippen LogP contribution is -2.41. The molecule has 1 rings (SSSR count). The van der Waals surface area contributed by atoms with Gasteiger partial charge in [-0.1, -0.05) is 0 Å². The topological polar surface area (TPSA) is 66.0 Å². The smallest absolute Gasteiger partial charge is 0.222 e. The highest BCUT2D eigenvalue weighted by Crippen LogP contribution is 2.18. The quantitative estimate of drug-likeness (QED) is 0.775. The summed E-state index contributed by atoms with van der Waals surface area (Å²) in [6.45, 7) is 5.83. The zero-order chi connectivity index (χ0) is 15.3. The lowest BCUT2D eigenvalue weighted by atomic mass is 10.1. The van der Waals surface area contributed by atoms with Gasteiger partial charge in [-0.15, -0.1) is 0 Å². The third-order valence-corrected chi connectivity index (χ3v) is 2.33. The minimum atomic E-state index is -0.794. The number of hydrogen-bond acceptors (Lipinski definition) is 4. The maximum absolute atomic E-state index is 13.5. The number of carbonyl (C=O) groups is 1. The van der Waals surface area contributed by atoms with E-state index in [2.05, 4.69) is 20.9 Å². The van der Waals surface area contributed by atoms with Gasteiger partial charge in [0.05, 0.1) is 0 Å². The second-order valence-corrected chi connectivity index (χ2v) is 5.37. The largest absolute Gasteiger partial charge is 0.371 e. The first kappa shape index (κ1) is 16.1. The summed E-state index contributed by atoms with van der Waals surface area (Å²) in [5.41, 5.74) is -0.310. The van der Waals surface area contributed by atoms with Gasteiger partial charge in [0.2, 0.25) is 5.91 Å². The number of aromatic nitrogens is 1. The van der Waals surface area contributed by atoms with Crippen molar-refractivity contribution in [2.24, 2.45) is 0 Å². The van der Waals surface area contributed by atoms with Gasteiger partial charge in [0, 0.05) is 31.6 Å². The van der Waals surface area contributed by atoms with E-state index in [-0.39, 0.29) is 36.0 Å². The van der Waals surface area contributed by atoms with Crippen LogP contribution >= 0.6 is 0 Å². The van der Waals surface area contributed by atoms with Crippen molar-refractivity contribution in [3.05, 3.63) is 17.7 Å². The molecule has 1 amide bonds. The molecule has 0 fully saturated rings. The monoisotopic (exact) mass is 286 g/mol. The van der Waals surface area contributed by atoms with E-state index in [0.29, 0.717) is 0 Å². The van der Waals surface area contributed by atoms with E-state index in [4.69, 9.17) is 0 Å². The first-order valence-electron chi connectivity index (χ1n) is 6.31. The highest BCUT2D eigenvalue weighted by atomic mass is 19.1. The van der Waals surface area contributed by atoms with E-state index in [9.17, 15) is 13.6 Å². The van der Waals surface area contributed by atoms with Crippen LogP contribution in [0.15, 0.2) is 6.07 Å². The van der Waals surface area contributed by atoms with E-state index in [0.717, 1.165) is 6.07 Å². The summed E-state index contributed by atoms with van der Waals surface area (Å²) in [7, 11) is 1.49. The molecule has 3 N–H and O–H groups in total. The average molecular weight is 286 g/mol. The number of halogens is 2. The fourth-order valence-corrected chi connectivity index (χ4v) is 1.54. The van der Waals surface area contributed by atoms with Crippen molar-refractivity contribution < 1.29 is 13.6 Å². The Morgan fingerprint density at radius 2 is 1.85 bits per heavy atom. The molecule has 0 aliphatic carbocycles. The second-order valence-electron chi connectivity index (χ2n) is 5.37. The van der Waals surface area contributed by atoms with Crippen molar-refractivity contribution in [3.8, 4) is 0 Å². The Morgan fingerprint density at radius 3 is 2.40 bits per heavy atom. The zero-order valence-corrected chi connectivity index (χ0v) is 12.1. The maximum Gasteiger partial charge on any atom is 0.222 e. The lowest BCUT2D eigenvalue weighted by Gasteiger charge is -2.20. The minimum Gasteiger partial charge on any atom is -0.371 e. The number of pyridine rings is 1. The number of nitrogens with one attached hydrogen (secondary N) is 3. The summed E-state index contributed by atoms with van der Waals surface area (Å²) in [4.78, 5) is 15.3. The molecule has 20 heavy (non-hydrogen) atoms. The van der Waals surface area contributed by atoms with Gasteiger partial charge in [0.25, 0.3) is 0 Å². The van der Waals surface area contributed by atoms with Gasteiger partial charge in [-0.3, -0.25) is 4.79 Å². The normalized spacial score (nSPS) is 11.1. The molecule has 1 heterocycles. The fraction of sp³-hybridized carbons (Fsp3) is 0.538. The highest BCUT2D eigenvalue weighted by Gasteiger charge is 2.14. The Hall–Kier alpha value is -1.92. The number of carbonyl (C=O) groups excluding carboxylic acids is 1. The number of hydrogen-bond donors (Lipinski definition) is 3. The molecule has 1 aromatic heterocycles. The molecule has 5 nitrogen and oxygen atoms in total. The average Bonchev–Trinajstić information content (AvgIpc) is 2.29. The molecule has 0 aliphatic rings. The Kier molecular flexibility index (Phi) is 5.24. The SMILES string of the molecule is CNc1nc(NCCC(=O)NC(C)(C)C)c(F)cc1F. The third-order valence-electron chi connectivity index (χ3n) is 2.33. The molecule has 1 aromatic rings. The van der Waals surface area contributed by atoms with E-state index < -0.39 is 11.6 Å². The van der Waals surface area contributed by atoms with Crippen LogP contribution in [0.2, 0.25) is 0 Å². The molecule has 7 heteroatoms. The van der Waals surface area contributed by atoms with Crippen LogP contribution in [0.5, 0.6) is 0 Å². The van der Waals surface area contributed by atoms with E-state index in [1.165, 1.54) is 7.05 Å². The summed E-state index contributed by atoms with van der Waals surface area (Å²) < 4.78 is 26.7. The molecule has 0 atom stereocenters. The first-order valence-corrected chi connectivity index (χ1v) is 6.31. The van der Waals surface area contributed by atoms with Gasteiger partial charge >= 0.3 is 0 Å². The number of rotatable bonds is 5. The summed E-state index contributed by atoms with van der Waals surface area (Å²) in [6, 6.07) is 0.746. The van der Waals surface area contributed by atoms with Crippen LogP contribution < -0.4 is 16.0 Å². The van der Waals surface area contributed by atoms with Gasteiger partial charge in [-0.05, 0) is 20.8 Å². The van der Waals surface area contributed by atoms with Gasteiger partial charge in [-0.25, -0.2) is 13.8 Å². The Balaban J connectivity index is 2.56. The van der Waals surface area contributed by atoms with E-state index in [1.54, 1.807) is 0 Å². The van der Waals surface area contributed by atoms with Gasteiger partial charge in [-0.2, -0.15) is 0 Å². The Bertz CT molecular complexity index is 486. The van der Waals surface area contributed by atoms with Crippen LogP contribution in [-0.4, -0.2) is 30.0 Å². The standard InChI is InChI=1S/C13H20F2N4O/c1-13(2,3)19-10(20)5-6-17-12-9(15)7-8(14)11(16-4)18-12/h7H,5-6H2,1-4H3,(H,19,20)(H2,16,17,18). The molecule has 0 saturated carbocycles. The molecule has 0 radical (unpaired) electrons. The van der Waals surface area contributed by atoms with E-state index in [1.807, 2.05) is 20.8 Å². The van der Waals surface area contributed by atoms with Crippen molar-refractivity contribution in [1.29, 1.82) is 0 Å². The zero-order valence-electron chi connectivity index (χ0n) is 12.1. The summed E-state index contributed by atoms with van der Waals surface area (Å²) in [6.07, 6.45) is 0.171. The van der Waals surface area contributed by atoms with Crippen LogP contribution in [0, 0.1) is 11.6 Å². The number of anilines is 2. The second kappa shape index (κ2) is 6.49. The predicted octanol–water partition coefficient (Wildman–Crippen LogP) is 2.12. The van der Waals surface area contributed by atoms with Crippen molar-refractivity contribution in [2.75, 3.05) is 24.2 Å². The molecule has 0 saturated heterocycles. The van der Waals surface area contributed by atoms with Crippen molar-refractivity contribution in [2.45, 2.75) is 32.7 Å². The first-order chi connectivity index (χ1) is 9.23. The van der Waals surface area contributed by atoms with E-state index >= 15 is 0 Å². The van der Waals surface area contributed by atoms with Gasteiger partial charge in [0.1, 0.15) is 0 Å². The molecular formula is C13H20F2N4O. The number of nitrogens with zero attached hydrogens (tertiary/aromatic N) is 1.